The molecule has 0 amide bonds. The zero-order valence-corrected chi connectivity index (χ0v) is 15.8. The van der Waals surface area contributed by atoms with Gasteiger partial charge in [-0.1, -0.05) is 6.07 Å². The van der Waals surface area contributed by atoms with Crippen LogP contribution in [0.2, 0.25) is 0 Å². The van der Waals surface area contributed by atoms with Crippen molar-refractivity contribution in [3.8, 4) is 0 Å². The summed E-state index contributed by atoms with van der Waals surface area (Å²) in [6.07, 6.45) is 6.45. The fourth-order valence-corrected chi connectivity index (χ4v) is 7.14. The quantitative estimate of drug-likeness (QED) is 0.586. The molecule has 0 aliphatic carbocycles. The van der Waals surface area contributed by atoms with Gasteiger partial charge in [-0.15, -0.1) is 34.9 Å². The molecule has 1 aromatic heterocycles. The van der Waals surface area contributed by atoms with Gasteiger partial charge in [-0.3, -0.25) is 0 Å². The summed E-state index contributed by atoms with van der Waals surface area (Å²) in [5.41, 5.74) is 0. The summed E-state index contributed by atoms with van der Waals surface area (Å²) in [5, 5.41) is 2.16. The first kappa shape index (κ1) is 17.2. The molecule has 1 aliphatic rings. The van der Waals surface area contributed by atoms with E-state index in [1.54, 1.807) is 0 Å². The molecule has 0 aromatic carbocycles. The van der Waals surface area contributed by atoms with E-state index in [0.717, 1.165) is 0 Å². The molecule has 1 aliphatic heterocycles. The Bertz CT molecular complexity index is 356. The number of rotatable bonds is 1. The smallest absolute Gasteiger partial charge is 0.0415 e. The van der Waals surface area contributed by atoms with Crippen molar-refractivity contribution in [3.05, 3.63) is 26.6 Å². The molecule has 112 valence electrons. The van der Waals surface area contributed by atoms with E-state index in [-0.39, 0.29) is 0 Å². The predicted molar refractivity (Wildman–Crippen MR) is 106 cm³/mol. The van der Waals surface area contributed by atoms with Gasteiger partial charge in [0.05, 0.1) is 0 Å². The van der Waals surface area contributed by atoms with Crippen LogP contribution >= 0.6 is 58.4 Å². The molecule has 0 N–H and O–H groups in total. The summed E-state index contributed by atoms with van der Waals surface area (Å²) in [6.45, 7) is 0. The van der Waals surface area contributed by atoms with Gasteiger partial charge in [-0.25, -0.2) is 0 Å². The van der Waals surface area contributed by atoms with Crippen molar-refractivity contribution < 1.29 is 0 Å². The van der Waals surface area contributed by atoms with Crippen molar-refractivity contribution in [3.63, 3.8) is 0 Å². The molecular formula is C15H22S5. The molecule has 1 saturated heterocycles. The highest BCUT2D eigenvalue weighted by molar-refractivity contribution is 8.22. The van der Waals surface area contributed by atoms with Crippen LogP contribution < -0.4 is 0 Å². The highest BCUT2D eigenvalue weighted by Gasteiger charge is 2.03. The minimum atomic E-state index is 1.27. The normalized spacial score (nSPS) is 20.3. The van der Waals surface area contributed by atoms with E-state index in [4.69, 9.17) is 0 Å². The third kappa shape index (κ3) is 7.74. The van der Waals surface area contributed by atoms with Gasteiger partial charge in [0.1, 0.15) is 0 Å². The predicted octanol–water partition coefficient (Wildman–Crippen LogP) is 6.16. The van der Waals surface area contributed by atoms with Crippen LogP contribution in [0.3, 0.4) is 0 Å². The van der Waals surface area contributed by atoms with E-state index >= 15 is 0 Å². The van der Waals surface area contributed by atoms with E-state index in [0.29, 0.717) is 0 Å². The largest absolute Gasteiger partial charge is 0.162 e. The lowest BCUT2D eigenvalue weighted by Crippen LogP contribution is -1.92. The van der Waals surface area contributed by atoms with Crippen molar-refractivity contribution in [2.24, 2.45) is 0 Å². The Morgan fingerprint density at radius 3 is 1.95 bits per heavy atom. The van der Waals surface area contributed by atoms with E-state index in [1.165, 1.54) is 62.9 Å². The second-order valence-corrected chi connectivity index (χ2v) is 10.4. The van der Waals surface area contributed by atoms with Gasteiger partial charge in [0.25, 0.3) is 0 Å². The van der Waals surface area contributed by atoms with Gasteiger partial charge in [-0.2, -0.15) is 23.5 Å². The maximum Gasteiger partial charge on any atom is 0.0415 e. The maximum absolute atomic E-state index is 2.38. The topological polar surface area (TPSA) is 0 Å². The third-order valence-corrected chi connectivity index (χ3v) is 8.36. The van der Waals surface area contributed by atoms with Crippen molar-refractivity contribution in [1.82, 2.24) is 0 Å². The first-order valence-electron chi connectivity index (χ1n) is 7.11. The Labute approximate surface area is 144 Å². The highest BCUT2D eigenvalue weighted by Crippen LogP contribution is 2.33. The van der Waals surface area contributed by atoms with Gasteiger partial charge < -0.3 is 0 Å². The molecule has 2 heterocycles. The van der Waals surface area contributed by atoms with Crippen molar-refractivity contribution in [2.45, 2.75) is 19.3 Å². The minimum Gasteiger partial charge on any atom is -0.162 e. The summed E-state index contributed by atoms with van der Waals surface area (Å²) >= 11 is 10.2. The van der Waals surface area contributed by atoms with E-state index < -0.39 is 0 Å². The van der Waals surface area contributed by atoms with E-state index in [2.05, 4.69) is 70.6 Å². The van der Waals surface area contributed by atoms with Crippen LogP contribution in [0.1, 0.15) is 24.1 Å². The number of hydrogen-bond donors (Lipinski definition) is 0. The minimum absolute atomic E-state index is 1.27. The van der Waals surface area contributed by atoms with Crippen LogP contribution in [0.25, 0.3) is 6.08 Å². The summed E-state index contributed by atoms with van der Waals surface area (Å²) in [5.74, 6) is 7.90. The van der Waals surface area contributed by atoms with Crippen LogP contribution in [0.5, 0.6) is 0 Å². The second-order valence-electron chi connectivity index (χ2n) is 4.46. The molecule has 1 aromatic rings. The molecule has 0 unspecified atom stereocenters. The Morgan fingerprint density at radius 2 is 1.40 bits per heavy atom. The van der Waals surface area contributed by atoms with Crippen molar-refractivity contribution in [2.75, 3.05) is 34.5 Å². The van der Waals surface area contributed by atoms with Gasteiger partial charge >= 0.3 is 0 Å². The average Bonchev–Trinajstić information content (AvgIpc) is 2.96. The SMILES string of the molecule is C(=C1SCCCSCCCSCCCS1)c1cccs1. The van der Waals surface area contributed by atoms with E-state index in [9.17, 15) is 0 Å². The summed E-state index contributed by atoms with van der Waals surface area (Å²) in [6, 6.07) is 4.36. The Balaban J connectivity index is 1.84. The van der Waals surface area contributed by atoms with Crippen molar-refractivity contribution >= 4 is 64.5 Å². The Hall–Kier alpha value is 0.840. The molecule has 0 atom stereocenters. The fourth-order valence-electron chi connectivity index (χ4n) is 1.75. The molecule has 20 heavy (non-hydrogen) atoms. The number of thiophene rings is 1. The molecule has 0 nitrogen and oxygen atoms in total. The maximum atomic E-state index is 2.38. The third-order valence-electron chi connectivity index (χ3n) is 2.74. The fraction of sp³-hybridized carbons (Fsp3) is 0.600. The summed E-state index contributed by atoms with van der Waals surface area (Å²) < 4.78 is 1.51. The molecule has 2 rings (SSSR count). The molecule has 1 fully saturated rings. The van der Waals surface area contributed by atoms with Crippen LogP contribution in [-0.4, -0.2) is 34.5 Å². The van der Waals surface area contributed by atoms with E-state index in [1.807, 2.05) is 11.3 Å². The van der Waals surface area contributed by atoms with Crippen LogP contribution in [0, 0.1) is 0 Å². The Kier molecular flexibility index (Phi) is 9.81. The van der Waals surface area contributed by atoms with Gasteiger partial charge in [0.15, 0.2) is 0 Å². The standard InChI is InChI=1S/C15H22S5/c1-5-14(18-10-1)13-15-19-11-3-8-16-6-2-7-17-9-4-12-20-15/h1,5,10,13H,2-4,6-9,11-12H2. The first-order valence-corrected chi connectivity index (χ1v) is 12.3. The molecule has 0 saturated carbocycles. The van der Waals surface area contributed by atoms with Gasteiger partial charge in [0, 0.05) is 9.11 Å². The lowest BCUT2D eigenvalue weighted by molar-refractivity contribution is 1.08. The molecule has 0 radical (unpaired) electrons. The van der Waals surface area contributed by atoms with Gasteiger partial charge in [0.2, 0.25) is 0 Å². The van der Waals surface area contributed by atoms with Crippen LogP contribution in [0.15, 0.2) is 21.7 Å². The average molecular weight is 363 g/mol. The lowest BCUT2D eigenvalue weighted by Gasteiger charge is -2.09. The first-order chi connectivity index (χ1) is 9.95. The Morgan fingerprint density at radius 1 is 0.800 bits per heavy atom. The molecule has 0 bridgehead atoms. The summed E-state index contributed by atoms with van der Waals surface area (Å²) in [4.78, 5) is 1.39. The van der Waals surface area contributed by atoms with Crippen LogP contribution in [-0.2, 0) is 0 Å². The lowest BCUT2D eigenvalue weighted by atomic mass is 10.5. The molecular weight excluding hydrogens is 341 g/mol. The van der Waals surface area contributed by atoms with Gasteiger partial charge in [-0.05, 0) is 71.3 Å². The van der Waals surface area contributed by atoms with Crippen LogP contribution in [0.4, 0.5) is 0 Å². The second kappa shape index (κ2) is 11.4. The number of thioether (sulfide) groups is 4. The monoisotopic (exact) mass is 362 g/mol. The zero-order chi connectivity index (χ0) is 13.9. The van der Waals surface area contributed by atoms with Crippen molar-refractivity contribution in [1.29, 1.82) is 0 Å². The zero-order valence-electron chi connectivity index (χ0n) is 11.7. The molecule has 5 heteroatoms. The number of hydrogen-bond acceptors (Lipinski definition) is 5. The summed E-state index contributed by atoms with van der Waals surface area (Å²) in [7, 11) is 0. The molecule has 0 spiro atoms. The highest BCUT2D eigenvalue weighted by atomic mass is 32.2.